The third-order valence-electron chi connectivity index (χ3n) is 3.05. The second-order valence-corrected chi connectivity index (χ2v) is 4.84. The third-order valence-corrected chi connectivity index (χ3v) is 3.05. The highest BCUT2D eigenvalue weighted by Gasteiger charge is 2.86. The molecular formula is C12H12F10O3. The van der Waals surface area contributed by atoms with Gasteiger partial charge in [-0.05, 0) is 13.8 Å². The van der Waals surface area contributed by atoms with Crippen LogP contribution in [0.2, 0.25) is 0 Å². The van der Waals surface area contributed by atoms with Crippen molar-refractivity contribution in [3.63, 3.8) is 0 Å². The Labute approximate surface area is 134 Å². The highest BCUT2D eigenvalue weighted by molar-refractivity contribution is 5.87. The molecule has 0 radical (unpaired) electrons. The van der Waals surface area contributed by atoms with E-state index in [2.05, 4.69) is 4.74 Å². The number of rotatable bonds is 8. The number of halogens is 10. The molecule has 0 aromatic carbocycles. The van der Waals surface area contributed by atoms with Crippen LogP contribution in [0.5, 0.6) is 0 Å². The van der Waals surface area contributed by atoms with E-state index in [1.54, 1.807) is 0 Å². The first-order valence-electron chi connectivity index (χ1n) is 6.23. The molecule has 1 N–H and O–H groups in total. The van der Waals surface area contributed by atoms with E-state index in [0.29, 0.717) is 0 Å². The first-order chi connectivity index (χ1) is 10.9. The minimum absolute atomic E-state index is 0.400. The molecule has 3 nitrogen and oxygen atoms in total. The van der Waals surface area contributed by atoms with E-state index in [1.807, 2.05) is 0 Å². The van der Waals surface area contributed by atoms with Gasteiger partial charge < -0.3 is 9.84 Å². The Balaban J connectivity index is 5.74. The topological polar surface area (TPSA) is 46.5 Å². The summed E-state index contributed by atoms with van der Waals surface area (Å²) in [6.45, 7) is -3.61. The van der Waals surface area contributed by atoms with E-state index in [-0.39, 0.29) is 0 Å². The predicted octanol–water partition coefficient (Wildman–Crippen LogP) is 3.66. The fourth-order valence-corrected chi connectivity index (χ4v) is 1.23. The van der Waals surface area contributed by atoms with Crippen LogP contribution in [0.25, 0.3) is 0 Å². The molecule has 0 aliphatic carbocycles. The summed E-state index contributed by atoms with van der Waals surface area (Å²) in [5.74, 6) is -35.3. The van der Waals surface area contributed by atoms with Crippen LogP contribution in [0.3, 0.4) is 0 Å². The standard InChI is InChI=1S/C12H12F10O3/c1-3-6(2)7(24)25-5-9(15,16)11(19,20)12(21,22)10(17,18)8(13,14)4-23/h3,23H,4-5H2,1-2H3. The molecule has 0 bridgehead atoms. The quantitative estimate of drug-likeness (QED) is 0.388. The van der Waals surface area contributed by atoms with E-state index in [0.717, 1.165) is 13.0 Å². The van der Waals surface area contributed by atoms with E-state index < -0.39 is 54.4 Å². The van der Waals surface area contributed by atoms with Gasteiger partial charge in [0.05, 0.1) is 0 Å². The summed E-state index contributed by atoms with van der Waals surface area (Å²) in [6.07, 6.45) is 0.975. The van der Waals surface area contributed by atoms with Crippen molar-refractivity contribution in [1.82, 2.24) is 0 Å². The van der Waals surface area contributed by atoms with Crippen molar-refractivity contribution >= 4 is 5.97 Å². The normalized spacial score (nSPS) is 15.3. The van der Waals surface area contributed by atoms with E-state index in [9.17, 15) is 48.7 Å². The van der Waals surface area contributed by atoms with Gasteiger partial charge in [0.2, 0.25) is 0 Å². The molecule has 13 heteroatoms. The summed E-state index contributed by atoms with van der Waals surface area (Å²) in [6, 6.07) is 0. The minimum Gasteiger partial charge on any atom is -0.456 e. The lowest BCUT2D eigenvalue weighted by Crippen LogP contribution is -2.68. The number of hydrogen-bond acceptors (Lipinski definition) is 3. The maximum atomic E-state index is 13.3. The Morgan fingerprint density at radius 3 is 1.64 bits per heavy atom. The van der Waals surface area contributed by atoms with Crippen molar-refractivity contribution in [2.24, 2.45) is 0 Å². The van der Waals surface area contributed by atoms with Gasteiger partial charge in [0.15, 0.2) is 6.61 Å². The average molecular weight is 394 g/mol. The predicted molar refractivity (Wildman–Crippen MR) is 62.2 cm³/mol. The molecule has 0 saturated heterocycles. The van der Waals surface area contributed by atoms with Gasteiger partial charge in [-0.15, -0.1) is 0 Å². The lowest BCUT2D eigenvalue weighted by atomic mass is 9.95. The summed E-state index contributed by atoms with van der Waals surface area (Å²) in [5.41, 5.74) is -0.400. The summed E-state index contributed by atoms with van der Waals surface area (Å²) < 4.78 is 134. The van der Waals surface area contributed by atoms with Crippen LogP contribution >= 0.6 is 0 Å². The Kier molecular flexibility index (Phi) is 6.57. The Morgan fingerprint density at radius 1 is 0.880 bits per heavy atom. The van der Waals surface area contributed by atoms with Crippen LogP contribution in [0.1, 0.15) is 13.8 Å². The molecule has 25 heavy (non-hydrogen) atoms. The lowest BCUT2D eigenvalue weighted by Gasteiger charge is -2.38. The number of allylic oxidation sites excluding steroid dienone is 1. The average Bonchev–Trinajstić information content (AvgIpc) is 2.50. The van der Waals surface area contributed by atoms with Crippen LogP contribution in [-0.2, 0) is 9.53 Å². The Morgan fingerprint density at radius 2 is 1.28 bits per heavy atom. The molecule has 0 amide bonds. The van der Waals surface area contributed by atoms with E-state index in [1.165, 1.54) is 6.92 Å². The van der Waals surface area contributed by atoms with E-state index in [4.69, 9.17) is 5.11 Å². The highest BCUT2D eigenvalue weighted by atomic mass is 19.4. The van der Waals surface area contributed by atoms with Crippen molar-refractivity contribution in [3.05, 3.63) is 11.6 Å². The molecule has 0 saturated carbocycles. The van der Waals surface area contributed by atoms with Crippen molar-refractivity contribution < 1.29 is 58.5 Å². The van der Waals surface area contributed by atoms with E-state index >= 15 is 0 Å². The van der Waals surface area contributed by atoms with Gasteiger partial charge in [0, 0.05) is 5.57 Å². The smallest absolute Gasteiger partial charge is 0.384 e. The zero-order chi connectivity index (χ0) is 20.5. The maximum absolute atomic E-state index is 13.3. The molecule has 0 aliphatic heterocycles. The van der Waals surface area contributed by atoms with Gasteiger partial charge >= 0.3 is 35.6 Å². The molecule has 0 aromatic rings. The van der Waals surface area contributed by atoms with Crippen LogP contribution < -0.4 is 0 Å². The van der Waals surface area contributed by atoms with Crippen LogP contribution in [0.15, 0.2) is 11.6 Å². The molecule has 148 valence electrons. The number of carbonyl (C=O) groups excluding carboxylic acids is 1. The zero-order valence-corrected chi connectivity index (χ0v) is 12.5. The number of alkyl halides is 10. The molecule has 0 aliphatic rings. The minimum atomic E-state index is -7.29. The van der Waals surface area contributed by atoms with Gasteiger partial charge in [-0.2, -0.15) is 43.9 Å². The fraction of sp³-hybridized carbons (Fsp3) is 0.750. The summed E-state index contributed by atoms with van der Waals surface area (Å²) >= 11 is 0. The molecule has 0 rings (SSSR count). The second kappa shape index (κ2) is 7.00. The van der Waals surface area contributed by atoms with Gasteiger partial charge in [0.25, 0.3) is 0 Å². The summed E-state index contributed by atoms with van der Waals surface area (Å²) in [5, 5.41) is 7.95. The van der Waals surface area contributed by atoms with Crippen LogP contribution in [0.4, 0.5) is 43.9 Å². The second-order valence-electron chi connectivity index (χ2n) is 4.84. The molecule has 0 heterocycles. The SMILES string of the molecule is CC=C(C)C(=O)OCC(F)(F)C(F)(F)C(F)(F)C(F)(F)C(F)(F)CO. The number of hydrogen-bond donors (Lipinski definition) is 1. The largest absolute Gasteiger partial charge is 0.456 e. The molecule has 0 unspecified atom stereocenters. The molecule has 0 spiro atoms. The van der Waals surface area contributed by atoms with Crippen molar-refractivity contribution in [2.75, 3.05) is 13.2 Å². The van der Waals surface area contributed by atoms with Crippen molar-refractivity contribution in [2.45, 2.75) is 43.5 Å². The number of aliphatic hydroxyl groups excluding tert-OH is 1. The molecular weight excluding hydrogens is 382 g/mol. The lowest BCUT2D eigenvalue weighted by molar-refractivity contribution is -0.406. The highest BCUT2D eigenvalue weighted by Crippen LogP contribution is 2.56. The van der Waals surface area contributed by atoms with Gasteiger partial charge in [-0.1, -0.05) is 6.08 Å². The first kappa shape index (κ1) is 23.5. The van der Waals surface area contributed by atoms with Crippen molar-refractivity contribution in [3.8, 4) is 0 Å². The van der Waals surface area contributed by atoms with Gasteiger partial charge in [0.1, 0.15) is 6.61 Å². The van der Waals surface area contributed by atoms with Crippen LogP contribution in [0, 0.1) is 0 Å². The van der Waals surface area contributed by atoms with Gasteiger partial charge in [-0.25, -0.2) is 4.79 Å². The molecule has 0 atom stereocenters. The van der Waals surface area contributed by atoms with Crippen LogP contribution in [-0.4, -0.2) is 53.9 Å². The third kappa shape index (κ3) is 3.85. The summed E-state index contributed by atoms with van der Waals surface area (Å²) in [7, 11) is 0. The van der Waals surface area contributed by atoms with Crippen molar-refractivity contribution in [1.29, 1.82) is 0 Å². The molecule has 0 fully saturated rings. The number of ether oxygens (including phenoxy) is 1. The zero-order valence-electron chi connectivity index (χ0n) is 12.5. The number of esters is 1. The van der Waals surface area contributed by atoms with Gasteiger partial charge in [-0.3, -0.25) is 0 Å². The molecule has 0 aromatic heterocycles. The monoisotopic (exact) mass is 394 g/mol. The first-order valence-corrected chi connectivity index (χ1v) is 6.23. The summed E-state index contributed by atoms with van der Waals surface area (Å²) in [4.78, 5) is 11.0. The number of aliphatic hydroxyl groups is 1. The number of carbonyl (C=O) groups is 1. The maximum Gasteiger partial charge on any atom is 0.384 e. The fourth-order valence-electron chi connectivity index (χ4n) is 1.23. The Hall–Kier alpha value is -1.53. The Bertz CT molecular complexity index is 527.